The molecule has 0 aliphatic heterocycles. The number of imidazole rings is 1. The van der Waals surface area contributed by atoms with Gasteiger partial charge in [0.15, 0.2) is 17.3 Å². The van der Waals surface area contributed by atoms with Crippen LogP contribution < -0.4 is 4.90 Å². The second-order valence-electron chi connectivity index (χ2n) is 11.7. The molecule has 0 spiro atoms. The van der Waals surface area contributed by atoms with Gasteiger partial charge in [-0.2, -0.15) is 0 Å². The Labute approximate surface area is 219 Å². The average molecular weight is 505 g/mol. The van der Waals surface area contributed by atoms with E-state index in [1.807, 2.05) is 19.3 Å². The van der Waals surface area contributed by atoms with Crippen LogP contribution in [0.2, 0.25) is 0 Å². The van der Waals surface area contributed by atoms with E-state index in [4.69, 9.17) is 9.97 Å². The van der Waals surface area contributed by atoms with Gasteiger partial charge in [-0.15, -0.1) is 0 Å². The number of hydrogen-bond donors (Lipinski definition) is 1. The summed E-state index contributed by atoms with van der Waals surface area (Å²) in [5, 5.41) is 9.80. The van der Waals surface area contributed by atoms with Gasteiger partial charge in [0.1, 0.15) is 11.2 Å². The van der Waals surface area contributed by atoms with Gasteiger partial charge < -0.3 is 14.6 Å². The summed E-state index contributed by atoms with van der Waals surface area (Å²) >= 11 is 0. The topological polar surface area (TPSA) is 97.0 Å². The number of carboxylic acids is 1. The first-order valence-electron chi connectivity index (χ1n) is 14.0. The highest BCUT2D eigenvalue weighted by atomic mass is 16.4. The Morgan fingerprint density at radius 1 is 1.11 bits per heavy atom. The first kappa shape index (κ1) is 25.6. The largest absolute Gasteiger partial charge is 0.475 e. The zero-order valence-corrected chi connectivity index (χ0v) is 22.7. The van der Waals surface area contributed by atoms with Gasteiger partial charge in [0, 0.05) is 26.3 Å². The van der Waals surface area contributed by atoms with Crippen LogP contribution in [-0.2, 0) is 6.54 Å². The Balaban J connectivity index is 1.63. The third-order valence-electron chi connectivity index (χ3n) is 8.49. The Morgan fingerprint density at radius 3 is 2.51 bits per heavy atom. The SMILES string of the molecule is CC(C)c1ccnc(-c2nc3nc(C(=O)O)nc(N(C)CCC4CCC4)c3n2C[C@H]2CC[C@H](C)CC2)c1. The van der Waals surface area contributed by atoms with Crippen LogP contribution in [0.1, 0.15) is 94.2 Å². The molecule has 3 aromatic rings. The summed E-state index contributed by atoms with van der Waals surface area (Å²) in [6.07, 6.45) is 11.7. The molecule has 8 nitrogen and oxygen atoms in total. The number of anilines is 1. The van der Waals surface area contributed by atoms with Crippen LogP contribution in [0, 0.1) is 17.8 Å². The number of rotatable bonds is 9. The van der Waals surface area contributed by atoms with Gasteiger partial charge in [-0.25, -0.2) is 19.7 Å². The maximum absolute atomic E-state index is 12.0. The standard InChI is InChI=1S/C29H40N6O2/c1-18(2)22-12-14-30-23(16-22)27-32-25-24(35(27)17-21-10-8-19(3)9-11-21)28(33-26(31-25)29(36)37)34(4)15-13-20-6-5-7-20/h12,14,16,18-21H,5-11,13,15,17H2,1-4H3,(H,36,37)/t19-,21-. The van der Waals surface area contributed by atoms with Crippen LogP contribution in [0.5, 0.6) is 0 Å². The highest BCUT2D eigenvalue weighted by Gasteiger charge is 2.27. The smallest absolute Gasteiger partial charge is 0.374 e. The summed E-state index contributed by atoms with van der Waals surface area (Å²) < 4.78 is 2.24. The summed E-state index contributed by atoms with van der Waals surface area (Å²) in [6.45, 7) is 8.33. The molecule has 2 saturated carbocycles. The summed E-state index contributed by atoms with van der Waals surface area (Å²) in [4.78, 5) is 32.7. The van der Waals surface area contributed by atoms with Crippen molar-refractivity contribution in [3.8, 4) is 11.5 Å². The van der Waals surface area contributed by atoms with E-state index in [9.17, 15) is 9.90 Å². The van der Waals surface area contributed by atoms with Crippen molar-refractivity contribution >= 4 is 23.0 Å². The van der Waals surface area contributed by atoms with Gasteiger partial charge >= 0.3 is 5.97 Å². The lowest BCUT2D eigenvalue weighted by Crippen LogP contribution is -2.26. The number of carbonyl (C=O) groups is 1. The molecule has 0 radical (unpaired) electrons. The second-order valence-corrected chi connectivity index (χ2v) is 11.7. The minimum Gasteiger partial charge on any atom is -0.475 e. The Kier molecular flexibility index (Phi) is 7.45. The molecule has 5 rings (SSSR count). The minimum absolute atomic E-state index is 0.204. The van der Waals surface area contributed by atoms with Crippen LogP contribution in [0.4, 0.5) is 5.82 Å². The molecule has 198 valence electrons. The van der Waals surface area contributed by atoms with Crippen molar-refractivity contribution in [1.82, 2.24) is 24.5 Å². The summed E-state index contributed by atoms with van der Waals surface area (Å²) in [7, 11) is 2.02. The number of carboxylic acid groups (broad SMARTS) is 1. The van der Waals surface area contributed by atoms with Crippen molar-refractivity contribution < 1.29 is 9.90 Å². The molecular weight excluding hydrogens is 464 g/mol. The Bertz CT molecular complexity index is 1260. The van der Waals surface area contributed by atoms with Gasteiger partial charge in [-0.1, -0.05) is 52.9 Å². The van der Waals surface area contributed by atoms with Crippen molar-refractivity contribution in [3.05, 3.63) is 29.7 Å². The Hall–Kier alpha value is -3.03. The van der Waals surface area contributed by atoms with Crippen LogP contribution in [0.3, 0.4) is 0 Å². The molecule has 2 aliphatic rings. The van der Waals surface area contributed by atoms with Crippen molar-refractivity contribution in [2.24, 2.45) is 17.8 Å². The fraction of sp³-hybridized carbons (Fsp3) is 0.621. The van der Waals surface area contributed by atoms with Gasteiger partial charge in [-0.05, 0) is 60.6 Å². The fourth-order valence-corrected chi connectivity index (χ4v) is 5.71. The number of fused-ring (bicyclic) bond motifs is 1. The predicted octanol–water partition coefficient (Wildman–Crippen LogP) is 6.16. The van der Waals surface area contributed by atoms with Crippen molar-refractivity contribution in [3.63, 3.8) is 0 Å². The fourth-order valence-electron chi connectivity index (χ4n) is 5.71. The van der Waals surface area contributed by atoms with Crippen molar-refractivity contribution in [2.75, 3.05) is 18.5 Å². The van der Waals surface area contributed by atoms with Crippen LogP contribution in [-0.4, -0.2) is 49.2 Å². The van der Waals surface area contributed by atoms with E-state index in [0.29, 0.717) is 23.3 Å². The minimum atomic E-state index is -1.13. The zero-order valence-electron chi connectivity index (χ0n) is 22.7. The molecule has 0 saturated heterocycles. The molecule has 0 bridgehead atoms. The van der Waals surface area contributed by atoms with Gasteiger partial charge in [0.25, 0.3) is 0 Å². The van der Waals surface area contributed by atoms with E-state index >= 15 is 0 Å². The monoisotopic (exact) mass is 504 g/mol. The summed E-state index contributed by atoms with van der Waals surface area (Å²) in [5.74, 6) is 2.50. The van der Waals surface area contributed by atoms with Crippen LogP contribution in [0.25, 0.3) is 22.7 Å². The first-order chi connectivity index (χ1) is 17.8. The highest BCUT2D eigenvalue weighted by molar-refractivity contribution is 5.92. The lowest BCUT2D eigenvalue weighted by atomic mass is 9.83. The molecule has 0 amide bonds. The zero-order chi connectivity index (χ0) is 26.1. The van der Waals surface area contributed by atoms with Crippen molar-refractivity contribution in [2.45, 2.75) is 84.6 Å². The molecule has 1 N–H and O–H groups in total. The van der Waals surface area contributed by atoms with E-state index in [2.05, 4.69) is 46.3 Å². The molecule has 0 aromatic carbocycles. The van der Waals surface area contributed by atoms with Crippen molar-refractivity contribution in [1.29, 1.82) is 0 Å². The first-order valence-corrected chi connectivity index (χ1v) is 14.0. The normalized spacial score (nSPS) is 20.4. The van der Waals surface area contributed by atoms with Gasteiger partial charge in [0.05, 0.1) is 0 Å². The molecule has 2 fully saturated rings. The quantitative estimate of drug-likeness (QED) is 0.372. The summed E-state index contributed by atoms with van der Waals surface area (Å²) in [5.41, 5.74) is 3.26. The van der Waals surface area contributed by atoms with E-state index in [1.54, 1.807) is 0 Å². The van der Waals surface area contributed by atoms with E-state index < -0.39 is 5.97 Å². The van der Waals surface area contributed by atoms with Crippen LogP contribution >= 0.6 is 0 Å². The number of aromatic nitrogens is 5. The van der Waals surface area contributed by atoms with Gasteiger partial charge in [-0.3, -0.25) is 4.98 Å². The van der Waals surface area contributed by atoms with E-state index in [-0.39, 0.29) is 5.82 Å². The predicted molar refractivity (Wildman–Crippen MR) is 146 cm³/mol. The second kappa shape index (κ2) is 10.8. The highest BCUT2D eigenvalue weighted by Crippen LogP contribution is 2.36. The van der Waals surface area contributed by atoms with Gasteiger partial charge in [0.2, 0.25) is 5.82 Å². The molecule has 3 heterocycles. The van der Waals surface area contributed by atoms with E-state index in [0.717, 1.165) is 48.4 Å². The third kappa shape index (κ3) is 5.48. The molecule has 0 unspecified atom stereocenters. The average Bonchev–Trinajstić information content (AvgIpc) is 3.22. The number of aromatic carboxylic acids is 1. The Morgan fingerprint density at radius 2 is 1.86 bits per heavy atom. The summed E-state index contributed by atoms with van der Waals surface area (Å²) in [6, 6.07) is 4.16. The molecule has 8 heteroatoms. The number of hydrogen-bond acceptors (Lipinski definition) is 6. The number of pyridine rings is 1. The number of nitrogens with zero attached hydrogens (tertiary/aromatic N) is 6. The van der Waals surface area contributed by atoms with E-state index in [1.165, 1.54) is 50.5 Å². The van der Waals surface area contributed by atoms with Crippen LogP contribution in [0.15, 0.2) is 18.3 Å². The molecule has 3 aromatic heterocycles. The molecular formula is C29H40N6O2. The maximum atomic E-state index is 12.0. The molecule has 37 heavy (non-hydrogen) atoms. The maximum Gasteiger partial charge on any atom is 0.374 e. The lowest BCUT2D eigenvalue weighted by Gasteiger charge is -2.29. The molecule has 0 atom stereocenters. The lowest BCUT2D eigenvalue weighted by molar-refractivity contribution is 0.0684. The molecule has 2 aliphatic carbocycles. The third-order valence-corrected chi connectivity index (χ3v) is 8.49.